The molecule has 0 atom stereocenters. The highest BCUT2D eigenvalue weighted by atomic mass is 79.9. The molecular formula is C18H12BrClN6OS. The van der Waals surface area contributed by atoms with Gasteiger partial charge in [0.15, 0.2) is 5.01 Å². The lowest BCUT2D eigenvalue weighted by atomic mass is 10.2. The minimum absolute atomic E-state index is 0.253. The van der Waals surface area contributed by atoms with Crippen molar-refractivity contribution >= 4 is 49.9 Å². The second-order valence-corrected chi connectivity index (χ2v) is 8.11. The van der Waals surface area contributed by atoms with Crippen LogP contribution in [0.2, 0.25) is 5.02 Å². The van der Waals surface area contributed by atoms with Gasteiger partial charge in [-0.2, -0.15) is 0 Å². The van der Waals surface area contributed by atoms with E-state index in [1.54, 1.807) is 41.1 Å². The van der Waals surface area contributed by atoms with Crippen LogP contribution in [0, 0.1) is 6.92 Å². The predicted molar refractivity (Wildman–Crippen MR) is 112 cm³/mol. The van der Waals surface area contributed by atoms with Gasteiger partial charge in [0.25, 0.3) is 5.91 Å². The number of carbonyl (C=O) groups excluding carboxylic acids is 1. The Hall–Kier alpha value is -2.62. The normalized spacial score (nSPS) is 10.8. The number of carbonyl (C=O) groups is 1. The first-order valence-electron chi connectivity index (χ1n) is 8.10. The number of rotatable bonds is 4. The Morgan fingerprint density at radius 1 is 1.07 bits per heavy atom. The molecule has 1 N–H and O–H groups in total. The van der Waals surface area contributed by atoms with Crippen LogP contribution in [0.1, 0.15) is 16.1 Å². The number of aromatic nitrogens is 5. The first-order chi connectivity index (χ1) is 13.5. The fourth-order valence-corrected chi connectivity index (χ4v) is 3.66. The van der Waals surface area contributed by atoms with Crippen LogP contribution in [0.25, 0.3) is 16.4 Å². The van der Waals surface area contributed by atoms with Crippen LogP contribution in [0.4, 0.5) is 5.13 Å². The molecule has 0 radical (unpaired) electrons. The fourth-order valence-electron chi connectivity index (χ4n) is 2.49. The molecule has 0 unspecified atom stereocenters. The van der Waals surface area contributed by atoms with Crippen LogP contribution in [-0.4, -0.2) is 31.1 Å². The maximum Gasteiger partial charge on any atom is 0.257 e. The summed E-state index contributed by atoms with van der Waals surface area (Å²) in [4.78, 5) is 12.3. The fraction of sp³-hybridized carbons (Fsp3) is 0.0556. The van der Waals surface area contributed by atoms with Gasteiger partial charge in [-0.15, -0.1) is 15.3 Å². The Morgan fingerprint density at radius 3 is 2.50 bits per heavy atom. The minimum Gasteiger partial charge on any atom is -0.296 e. The van der Waals surface area contributed by atoms with Crippen LogP contribution in [-0.2, 0) is 0 Å². The van der Waals surface area contributed by atoms with E-state index in [1.807, 2.05) is 19.1 Å². The first-order valence-corrected chi connectivity index (χ1v) is 10.1. The van der Waals surface area contributed by atoms with E-state index in [9.17, 15) is 4.79 Å². The highest BCUT2D eigenvalue weighted by molar-refractivity contribution is 9.10. The minimum atomic E-state index is -0.253. The molecule has 4 rings (SSSR count). The smallest absolute Gasteiger partial charge is 0.257 e. The van der Waals surface area contributed by atoms with Crippen molar-refractivity contribution in [3.63, 3.8) is 0 Å². The molecule has 4 aromatic rings. The van der Waals surface area contributed by atoms with E-state index in [-0.39, 0.29) is 5.91 Å². The standard InChI is InChI=1S/C18H12BrClN6OS/c1-10-15(22-25-26(10)14-8-6-13(20)7-9-14)17-23-24-18(28-17)21-16(27)11-2-4-12(19)5-3-11/h2-9H,1H3,(H,21,24,27). The van der Waals surface area contributed by atoms with Gasteiger partial charge < -0.3 is 0 Å². The molecule has 2 aromatic carbocycles. The molecule has 2 aromatic heterocycles. The molecule has 0 bridgehead atoms. The monoisotopic (exact) mass is 474 g/mol. The van der Waals surface area contributed by atoms with Gasteiger partial charge in [0, 0.05) is 15.1 Å². The average molecular weight is 476 g/mol. The molecule has 2 heterocycles. The largest absolute Gasteiger partial charge is 0.296 e. The number of halogens is 2. The summed E-state index contributed by atoms with van der Waals surface area (Å²) in [5, 5.41) is 21.0. The molecule has 10 heteroatoms. The van der Waals surface area contributed by atoms with E-state index < -0.39 is 0 Å². The van der Waals surface area contributed by atoms with Crippen molar-refractivity contribution < 1.29 is 4.79 Å². The molecule has 7 nitrogen and oxygen atoms in total. The van der Waals surface area contributed by atoms with Crippen LogP contribution < -0.4 is 5.32 Å². The molecule has 0 spiro atoms. The van der Waals surface area contributed by atoms with E-state index in [4.69, 9.17) is 11.6 Å². The van der Waals surface area contributed by atoms with Gasteiger partial charge >= 0.3 is 0 Å². The number of amides is 1. The lowest BCUT2D eigenvalue weighted by molar-refractivity contribution is 0.102. The molecule has 140 valence electrons. The summed E-state index contributed by atoms with van der Waals surface area (Å²) in [5.41, 5.74) is 2.79. The Labute approximate surface area is 177 Å². The van der Waals surface area contributed by atoms with E-state index in [1.165, 1.54) is 11.3 Å². The molecule has 0 fully saturated rings. The van der Waals surface area contributed by atoms with E-state index in [0.29, 0.717) is 26.4 Å². The summed E-state index contributed by atoms with van der Waals surface area (Å²) in [5.74, 6) is -0.253. The maximum absolute atomic E-state index is 12.3. The quantitative estimate of drug-likeness (QED) is 0.460. The Morgan fingerprint density at radius 2 is 1.79 bits per heavy atom. The van der Waals surface area contributed by atoms with Gasteiger partial charge in [-0.05, 0) is 55.5 Å². The molecule has 28 heavy (non-hydrogen) atoms. The third kappa shape index (κ3) is 3.82. The summed E-state index contributed by atoms with van der Waals surface area (Å²) < 4.78 is 2.61. The summed E-state index contributed by atoms with van der Waals surface area (Å²) in [7, 11) is 0. The third-order valence-corrected chi connectivity index (χ3v) is 5.55. The Kier molecular flexibility index (Phi) is 5.21. The lowest BCUT2D eigenvalue weighted by Crippen LogP contribution is -2.11. The van der Waals surface area contributed by atoms with Gasteiger partial charge in [0.2, 0.25) is 5.13 Å². The van der Waals surface area contributed by atoms with Gasteiger partial charge in [-0.1, -0.05) is 44.1 Å². The summed E-state index contributed by atoms with van der Waals surface area (Å²) in [6.07, 6.45) is 0. The summed E-state index contributed by atoms with van der Waals surface area (Å²) >= 11 is 10.5. The molecule has 0 saturated carbocycles. The molecule has 0 aliphatic carbocycles. The lowest BCUT2D eigenvalue weighted by Gasteiger charge is -2.02. The number of hydrogen-bond acceptors (Lipinski definition) is 6. The van der Waals surface area contributed by atoms with Crippen molar-refractivity contribution in [3.8, 4) is 16.4 Å². The van der Waals surface area contributed by atoms with Crippen LogP contribution in [0.15, 0.2) is 53.0 Å². The van der Waals surface area contributed by atoms with E-state index in [2.05, 4.69) is 41.8 Å². The van der Waals surface area contributed by atoms with Gasteiger partial charge in [0.05, 0.1) is 11.4 Å². The molecule has 1 amide bonds. The Balaban J connectivity index is 1.55. The maximum atomic E-state index is 12.3. The summed E-state index contributed by atoms with van der Waals surface area (Å²) in [6, 6.07) is 14.4. The molecular weight excluding hydrogens is 464 g/mol. The van der Waals surface area contributed by atoms with Crippen molar-refractivity contribution in [2.24, 2.45) is 0 Å². The van der Waals surface area contributed by atoms with Crippen molar-refractivity contribution in [1.29, 1.82) is 0 Å². The Bertz CT molecular complexity index is 1140. The predicted octanol–water partition coefficient (Wildman–Crippen LogP) is 4.76. The second kappa shape index (κ2) is 7.78. The molecule has 0 aliphatic rings. The van der Waals surface area contributed by atoms with Crippen molar-refractivity contribution in [2.45, 2.75) is 6.92 Å². The van der Waals surface area contributed by atoms with Crippen LogP contribution in [0.5, 0.6) is 0 Å². The zero-order valence-electron chi connectivity index (χ0n) is 14.4. The van der Waals surface area contributed by atoms with Crippen molar-refractivity contribution in [1.82, 2.24) is 25.2 Å². The number of anilines is 1. The number of nitrogens with zero attached hydrogens (tertiary/aromatic N) is 5. The van der Waals surface area contributed by atoms with Crippen LogP contribution >= 0.6 is 38.9 Å². The number of hydrogen-bond donors (Lipinski definition) is 1. The van der Waals surface area contributed by atoms with E-state index in [0.717, 1.165) is 15.9 Å². The zero-order valence-corrected chi connectivity index (χ0v) is 17.6. The third-order valence-electron chi connectivity index (χ3n) is 3.92. The van der Waals surface area contributed by atoms with Crippen LogP contribution in [0.3, 0.4) is 0 Å². The van der Waals surface area contributed by atoms with Gasteiger partial charge in [0.1, 0.15) is 5.69 Å². The highest BCUT2D eigenvalue weighted by Gasteiger charge is 2.17. The molecule has 0 aliphatic heterocycles. The second-order valence-electron chi connectivity index (χ2n) is 5.79. The SMILES string of the molecule is Cc1c(-c2nnc(NC(=O)c3ccc(Br)cc3)s2)nnn1-c1ccc(Cl)cc1. The first kappa shape index (κ1) is 18.7. The molecule has 0 saturated heterocycles. The van der Waals surface area contributed by atoms with E-state index >= 15 is 0 Å². The van der Waals surface area contributed by atoms with Crippen molar-refractivity contribution in [3.05, 3.63) is 69.3 Å². The highest BCUT2D eigenvalue weighted by Crippen LogP contribution is 2.28. The average Bonchev–Trinajstić information content (AvgIpc) is 3.29. The summed E-state index contributed by atoms with van der Waals surface area (Å²) in [6.45, 7) is 1.89. The number of benzene rings is 2. The van der Waals surface area contributed by atoms with Crippen molar-refractivity contribution in [2.75, 3.05) is 5.32 Å². The zero-order chi connectivity index (χ0) is 19.7. The van der Waals surface area contributed by atoms with Gasteiger partial charge in [-0.3, -0.25) is 10.1 Å². The topological polar surface area (TPSA) is 85.6 Å². The van der Waals surface area contributed by atoms with Gasteiger partial charge in [-0.25, -0.2) is 4.68 Å². The number of nitrogens with one attached hydrogen (secondary N) is 1.